The first-order chi connectivity index (χ1) is 9.47. The molecule has 0 aliphatic heterocycles. The van der Waals surface area contributed by atoms with E-state index in [1.165, 1.54) is 17.0 Å². The van der Waals surface area contributed by atoms with E-state index in [9.17, 15) is 9.59 Å². The van der Waals surface area contributed by atoms with Gasteiger partial charge in [-0.3, -0.25) is 19.0 Å². The topological polar surface area (TPSA) is 108 Å². The summed E-state index contributed by atoms with van der Waals surface area (Å²) in [5.74, 6) is -1.04. The Hall–Kier alpha value is -2.90. The summed E-state index contributed by atoms with van der Waals surface area (Å²) in [5.41, 5.74) is 6.44. The van der Waals surface area contributed by atoms with Gasteiger partial charge in [0, 0.05) is 31.9 Å². The molecule has 0 saturated carbocycles. The minimum absolute atomic E-state index is 0.146. The minimum atomic E-state index is -0.656. The number of aromatic nitrogens is 4. The summed E-state index contributed by atoms with van der Waals surface area (Å²) < 4.78 is 2.94. The number of nitrogens with two attached hydrogens (primary N) is 1. The molecule has 0 fully saturated rings. The van der Waals surface area contributed by atoms with Crippen LogP contribution in [0, 0.1) is 0 Å². The van der Waals surface area contributed by atoms with Crippen molar-refractivity contribution in [1.82, 2.24) is 19.6 Å². The van der Waals surface area contributed by atoms with Gasteiger partial charge in [-0.1, -0.05) is 0 Å². The van der Waals surface area contributed by atoms with Gasteiger partial charge in [-0.05, 0) is 6.08 Å². The lowest BCUT2D eigenvalue weighted by Crippen LogP contribution is -2.19. The van der Waals surface area contributed by atoms with Crippen molar-refractivity contribution >= 4 is 23.6 Å². The van der Waals surface area contributed by atoms with Crippen LogP contribution >= 0.6 is 0 Å². The normalized spacial score (nSPS) is 10.9. The number of amides is 2. The van der Waals surface area contributed by atoms with Crippen LogP contribution in [0.15, 0.2) is 24.7 Å². The van der Waals surface area contributed by atoms with Crippen molar-refractivity contribution in [3.05, 3.63) is 35.9 Å². The van der Waals surface area contributed by atoms with E-state index < -0.39 is 5.91 Å². The fourth-order valence-corrected chi connectivity index (χ4v) is 1.69. The maximum atomic E-state index is 11.8. The van der Waals surface area contributed by atoms with Gasteiger partial charge in [0.05, 0.1) is 18.1 Å². The maximum absolute atomic E-state index is 11.8. The lowest BCUT2D eigenvalue weighted by atomic mass is 10.3. The van der Waals surface area contributed by atoms with Gasteiger partial charge in [0.2, 0.25) is 5.91 Å². The van der Waals surface area contributed by atoms with E-state index in [0.29, 0.717) is 0 Å². The predicted molar refractivity (Wildman–Crippen MR) is 72.6 cm³/mol. The minimum Gasteiger partial charge on any atom is -0.364 e. The largest absolute Gasteiger partial charge is 0.364 e. The fraction of sp³-hybridized carbons (Fsp3) is 0.167. The third-order valence-corrected chi connectivity index (χ3v) is 2.58. The summed E-state index contributed by atoms with van der Waals surface area (Å²) in [6.45, 7) is 0. The molecule has 0 aromatic carbocycles. The molecule has 0 atom stereocenters. The van der Waals surface area contributed by atoms with Crippen molar-refractivity contribution in [2.75, 3.05) is 5.32 Å². The number of rotatable bonds is 4. The number of hydrogen-bond acceptors (Lipinski definition) is 4. The molecular weight excluding hydrogens is 260 g/mol. The zero-order chi connectivity index (χ0) is 14.7. The third kappa shape index (κ3) is 2.91. The first-order valence-corrected chi connectivity index (χ1v) is 5.77. The van der Waals surface area contributed by atoms with Gasteiger partial charge >= 0.3 is 0 Å². The fourth-order valence-electron chi connectivity index (χ4n) is 1.69. The molecule has 2 aromatic heterocycles. The molecule has 20 heavy (non-hydrogen) atoms. The van der Waals surface area contributed by atoms with Crippen LogP contribution in [0.3, 0.4) is 0 Å². The highest BCUT2D eigenvalue weighted by Gasteiger charge is 2.14. The van der Waals surface area contributed by atoms with Crippen molar-refractivity contribution in [2.24, 2.45) is 19.8 Å². The molecule has 3 N–H and O–H groups in total. The first-order valence-electron chi connectivity index (χ1n) is 5.77. The molecule has 0 unspecified atom stereocenters. The van der Waals surface area contributed by atoms with Gasteiger partial charge in [0.15, 0.2) is 0 Å². The highest BCUT2D eigenvalue weighted by Crippen LogP contribution is 2.13. The average Bonchev–Trinajstić information content (AvgIpc) is 2.93. The van der Waals surface area contributed by atoms with E-state index in [1.54, 1.807) is 37.2 Å². The summed E-state index contributed by atoms with van der Waals surface area (Å²) in [4.78, 5) is 23.0. The van der Waals surface area contributed by atoms with Gasteiger partial charge < -0.3 is 11.1 Å². The second-order valence-corrected chi connectivity index (χ2v) is 4.16. The van der Waals surface area contributed by atoms with Crippen molar-refractivity contribution in [3.63, 3.8) is 0 Å². The van der Waals surface area contributed by atoms with E-state index >= 15 is 0 Å². The van der Waals surface area contributed by atoms with Crippen LogP contribution in [0.1, 0.15) is 16.1 Å². The van der Waals surface area contributed by atoms with Gasteiger partial charge in [0.1, 0.15) is 5.69 Å². The molecule has 0 radical (unpaired) electrons. The Kier molecular flexibility index (Phi) is 3.65. The van der Waals surface area contributed by atoms with Crippen molar-refractivity contribution in [2.45, 2.75) is 0 Å². The highest BCUT2D eigenvalue weighted by atomic mass is 16.2. The molecule has 8 nitrogen and oxygen atoms in total. The van der Waals surface area contributed by atoms with E-state index in [2.05, 4.69) is 15.5 Å². The monoisotopic (exact) mass is 274 g/mol. The molecule has 0 bridgehead atoms. The highest BCUT2D eigenvalue weighted by molar-refractivity contribution is 6.06. The lowest BCUT2D eigenvalue weighted by Gasteiger charge is -2.02. The van der Waals surface area contributed by atoms with E-state index in [0.717, 1.165) is 5.56 Å². The van der Waals surface area contributed by atoms with Crippen LogP contribution in [0.2, 0.25) is 0 Å². The van der Waals surface area contributed by atoms with Crippen molar-refractivity contribution in [1.29, 1.82) is 0 Å². The number of aryl methyl sites for hydroxylation is 2. The predicted octanol–water partition coefficient (Wildman–Crippen LogP) is -0.0956. The molecule has 104 valence electrons. The lowest BCUT2D eigenvalue weighted by molar-refractivity contribution is -0.111. The number of hydrogen-bond donors (Lipinski definition) is 2. The molecule has 8 heteroatoms. The van der Waals surface area contributed by atoms with Crippen LogP contribution in [-0.2, 0) is 18.9 Å². The Bertz CT molecular complexity index is 682. The molecule has 0 saturated heterocycles. The summed E-state index contributed by atoms with van der Waals surface area (Å²) in [5, 5.41) is 10.4. The molecule has 2 heterocycles. The number of nitrogens with one attached hydrogen (secondary N) is 1. The number of carbonyl (C=O) groups is 2. The second kappa shape index (κ2) is 5.39. The molecule has 0 aliphatic carbocycles. The molecule has 0 aliphatic rings. The summed E-state index contributed by atoms with van der Waals surface area (Å²) >= 11 is 0. The van der Waals surface area contributed by atoms with Crippen molar-refractivity contribution in [3.8, 4) is 0 Å². The molecule has 2 aromatic rings. The van der Waals surface area contributed by atoms with Gasteiger partial charge in [-0.15, -0.1) is 0 Å². The summed E-state index contributed by atoms with van der Waals surface area (Å²) in [6.07, 6.45) is 7.72. The Balaban J connectivity index is 2.09. The van der Waals surface area contributed by atoms with Gasteiger partial charge in [0.25, 0.3) is 5.91 Å². The number of carbonyl (C=O) groups excluding carboxylic acids is 2. The zero-order valence-corrected chi connectivity index (χ0v) is 11.1. The Labute approximate surface area is 114 Å². The van der Waals surface area contributed by atoms with E-state index in [4.69, 9.17) is 5.73 Å². The molecule has 2 rings (SSSR count). The second-order valence-electron chi connectivity index (χ2n) is 4.16. The van der Waals surface area contributed by atoms with Crippen molar-refractivity contribution < 1.29 is 9.59 Å². The Morgan fingerprint density at radius 1 is 1.30 bits per heavy atom. The number of nitrogens with zero attached hydrogens (tertiary/aromatic N) is 4. The average molecular weight is 274 g/mol. The zero-order valence-electron chi connectivity index (χ0n) is 11.1. The molecule has 2 amide bonds. The standard InChI is InChI=1S/C12H14N6O2/c1-17-7-8(5-14-17)3-4-10(19)16-9-6-15-18(2)11(9)12(13)20/h3-7H,1-2H3,(H2,13,20)(H,16,19)/b4-3+. The summed E-state index contributed by atoms with van der Waals surface area (Å²) in [7, 11) is 3.35. The van der Waals surface area contributed by atoms with Gasteiger partial charge in [-0.25, -0.2) is 0 Å². The van der Waals surface area contributed by atoms with Crippen LogP contribution in [0.25, 0.3) is 6.08 Å². The smallest absolute Gasteiger partial charge is 0.269 e. The van der Waals surface area contributed by atoms with Gasteiger partial charge in [-0.2, -0.15) is 10.2 Å². The quantitative estimate of drug-likeness (QED) is 0.759. The SMILES string of the molecule is Cn1cc(/C=C/C(=O)Nc2cnn(C)c2C(N)=O)cn1. The number of anilines is 1. The Morgan fingerprint density at radius 3 is 2.65 bits per heavy atom. The molecule has 0 spiro atoms. The Morgan fingerprint density at radius 2 is 2.05 bits per heavy atom. The first kappa shape index (κ1) is 13.5. The maximum Gasteiger partial charge on any atom is 0.269 e. The summed E-state index contributed by atoms with van der Waals surface area (Å²) in [6, 6.07) is 0. The van der Waals surface area contributed by atoms with Crippen LogP contribution < -0.4 is 11.1 Å². The van der Waals surface area contributed by atoms with Crippen LogP contribution in [0.4, 0.5) is 5.69 Å². The van der Waals surface area contributed by atoms with E-state index in [-0.39, 0.29) is 17.3 Å². The third-order valence-electron chi connectivity index (χ3n) is 2.58. The number of primary amides is 1. The van der Waals surface area contributed by atoms with E-state index in [1.807, 2.05) is 0 Å². The van der Waals surface area contributed by atoms with Crippen LogP contribution in [0.5, 0.6) is 0 Å². The molecular formula is C12H14N6O2. The van der Waals surface area contributed by atoms with Crippen LogP contribution in [-0.4, -0.2) is 31.4 Å².